The molecule has 1 aromatic rings. The molecular weight excluding hydrogens is 250 g/mol. The van der Waals surface area contributed by atoms with Crippen molar-refractivity contribution >= 4 is 11.8 Å². The van der Waals surface area contributed by atoms with E-state index < -0.39 is 0 Å². The van der Waals surface area contributed by atoms with Gasteiger partial charge in [0.2, 0.25) is 0 Å². The largest absolute Gasteiger partial charge is 0.493 e. The third-order valence-corrected chi connectivity index (χ3v) is 3.28. The standard InChI is InChI=1S/C13H19NO3S/c1-14-6-7-16-13(14)10-4-5-11(15-2)12(8-10)17-9-18-3/h4-5,8,13H,6-7,9H2,1-3H3. The molecule has 1 unspecified atom stereocenters. The van der Waals surface area contributed by atoms with Gasteiger partial charge < -0.3 is 14.2 Å². The molecule has 0 aromatic heterocycles. The molecule has 18 heavy (non-hydrogen) atoms. The molecule has 0 N–H and O–H groups in total. The Balaban J connectivity index is 2.21. The fraction of sp³-hybridized carbons (Fsp3) is 0.538. The van der Waals surface area contributed by atoms with Crippen LogP contribution in [0.4, 0.5) is 0 Å². The average molecular weight is 269 g/mol. The highest BCUT2D eigenvalue weighted by molar-refractivity contribution is 7.98. The minimum Gasteiger partial charge on any atom is -0.493 e. The number of hydrogen-bond acceptors (Lipinski definition) is 5. The van der Waals surface area contributed by atoms with Crippen LogP contribution in [-0.2, 0) is 4.74 Å². The lowest BCUT2D eigenvalue weighted by atomic mass is 10.1. The minimum atomic E-state index is 0.0209. The smallest absolute Gasteiger partial charge is 0.162 e. The zero-order chi connectivity index (χ0) is 13.0. The SMILES string of the molecule is COc1ccc(C2OCCN2C)cc1OCSC. The van der Waals surface area contributed by atoms with E-state index in [1.54, 1.807) is 18.9 Å². The molecule has 0 spiro atoms. The van der Waals surface area contributed by atoms with Crippen molar-refractivity contribution in [2.75, 3.05) is 39.5 Å². The summed E-state index contributed by atoms with van der Waals surface area (Å²) < 4.78 is 16.7. The van der Waals surface area contributed by atoms with E-state index in [1.807, 2.05) is 24.5 Å². The lowest BCUT2D eigenvalue weighted by Gasteiger charge is -2.20. The van der Waals surface area contributed by atoms with E-state index in [0.717, 1.165) is 30.2 Å². The van der Waals surface area contributed by atoms with Gasteiger partial charge in [-0.25, -0.2) is 0 Å². The van der Waals surface area contributed by atoms with Gasteiger partial charge in [0.05, 0.1) is 13.7 Å². The van der Waals surface area contributed by atoms with Gasteiger partial charge in [0, 0.05) is 6.54 Å². The summed E-state index contributed by atoms with van der Waals surface area (Å²) in [6.07, 6.45) is 2.03. The summed E-state index contributed by atoms with van der Waals surface area (Å²) in [7, 11) is 3.71. The number of benzene rings is 1. The quantitative estimate of drug-likeness (QED) is 0.766. The molecule has 2 rings (SSSR count). The average Bonchev–Trinajstić information content (AvgIpc) is 2.82. The van der Waals surface area contributed by atoms with E-state index in [1.165, 1.54) is 0 Å². The number of ether oxygens (including phenoxy) is 3. The Kier molecular flexibility index (Phi) is 4.74. The van der Waals surface area contributed by atoms with Crippen molar-refractivity contribution in [3.8, 4) is 11.5 Å². The predicted molar refractivity (Wildman–Crippen MR) is 73.3 cm³/mol. The Hall–Kier alpha value is -0.910. The summed E-state index contributed by atoms with van der Waals surface area (Å²) in [5.74, 6) is 2.14. The lowest BCUT2D eigenvalue weighted by molar-refractivity contribution is 0.0451. The maximum atomic E-state index is 5.71. The molecule has 0 radical (unpaired) electrons. The lowest BCUT2D eigenvalue weighted by Crippen LogP contribution is -2.18. The van der Waals surface area contributed by atoms with Crippen LogP contribution < -0.4 is 9.47 Å². The fourth-order valence-corrected chi connectivity index (χ4v) is 2.23. The number of rotatable bonds is 5. The molecular formula is C13H19NO3S. The zero-order valence-corrected chi connectivity index (χ0v) is 11.8. The summed E-state index contributed by atoms with van der Waals surface area (Å²) in [6, 6.07) is 5.96. The van der Waals surface area contributed by atoms with E-state index >= 15 is 0 Å². The third kappa shape index (κ3) is 2.91. The van der Waals surface area contributed by atoms with Crippen molar-refractivity contribution in [2.24, 2.45) is 0 Å². The van der Waals surface area contributed by atoms with Crippen LogP contribution in [0.1, 0.15) is 11.8 Å². The second kappa shape index (κ2) is 6.31. The Labute approximate surface area is 112 Å². The zero-order valence-electron chi connectivity index (χ0n) is 11.0. The van der Waals surface area contributed by atoms with E-state index in [9.17, 15) is 0 Å². The molecule has 0 aliphatic carbocycles. The van der Waals surface area contributed by atoms with Crippen molar-refractivity contribution in [1.29, 1.82) is 0 Å². The summed E-state index contributed by atoms with van der Waals surface area (Å²) in [5.41, 5.74) is 1.10. The van der Waals surface area contributed by atoms with Gasteiger partial charge in [0.1, 0.15) is 12.2 Å². The molecule has 1 fully saturated rings. The summed E-state index contributed by atoms with van der Waals surface area (Å²) >= 11 is 1.63. The second-order valence-corrected chi connectivity index (χ2v) is 4.98. The van der Waals surface area contributed by atoms with E-state index in [4.69, 9.17) is 14.2 Å². The van der Waals surface area contributed by atoms with Crippen LogP contribution >= 0.6 is 11.8 Å². The molecule has 1 saturated heterocycles. The van der Waals surface area contributed by atoms with E-state index in [-0.39, 0.29) is 6.23 Å². The molecule has 1 aromatic carbocycles. The first-order valence-corrected chi connectivity index (χ1v) is 7.27. The number of likely N-dealkylation sites (N-methyl/N-ethyl adjacent to an activating group) is 1. The van der Waals surface area contributed by atoms with Crippen molar-refractivity contribution in [2.45, 2.75) is 6.23 Å². The Morgan fingerprint density at radius 1 is 1.44 bits per heavy atom. The normalized spacial score (nSPS) is 20.1. The molecule has 0 saturated carbocycles. The first-order chi connectivity index (χ1) is 8.76. The van der Waals surface area contributed by atoms with Crippen LogP contribution in [0.3, 0.4) is 0 Å². The third-order valence-electron chi connectivity index (χ3n) is 2.93. The molecule has 0 bridgehead atoms. The first-order valence-electron chi connectivity index (χ1n) is 5.87. The van der Waals surface area contributed by atoms with E-state index in [2.05, 4.69) is 11.9 Å². The maximum Gasteiger partial charge on any atom is 0.162 e. The molecule has 0 amide bonds. The van der Waals surface area contributed by atoms with Gasteiger partial charge in [0.25, 0.3) is 0 Å². The number of nitrogens with zero attached hydrogens (tertiary/aromatic N) is 1. The van der Waals surface area contributed by atoms with Gasteiger partial charge in [0.15, 0.2) is 11.5 Å². The highest BCUT2D eigenvalue weighted by Crippen LogP contribution is 2.34. The summed E-state index contributed by atoms with van der Waals surface area (Å²) in [5, 5.41) is 0. The monoisotopic (exact) mass is 269 g/mol. The van der Waals surface area contributed by atoms with Crippen molar-refractivity contribution < 1.29 is 14.2 Å². The van der Waals surface area contributed by atoms with Gasteiger partial charge >= 0.3 is 0 Å². The molecule has 4 nitrogen and oxygen atoms in total. The van der Waals surface area contributed by atoms with Crippen molar-refractivity contribution in [3.63, 3.8) is 0 Å². The van der Waals surface area contributed by atoms with Gasteiger partial charge in [-0.05, 0) is 31.0 Å². The number of methoxy groups -OCH3 is 1. The Bertz CT molecular complexity index is 400. The van der Waals surface area contributed by atoms with Gasteiger partial charge in [-0.1, -0.05) is 6.07 Å². The van der Waals surface area contributed by atoms with Crippen LogP contribution in [-0.4, -0.2) is 44.4 Å². The molecule has 1 aliphatic heterocycles. The second-order valence-electron chi connectivity index (χ2n) is 4.16. The molecule has 100 valence electrons. The van der Waals surface area contributed by atoms with Crippen molar-refractivity contribution in [1.82, 2.24) is 4.90 Å². The van der Waals surface area contributed by atoms with Crippen LogP contribution in [0.2, 0.25) is 0 Å². The molecule has 1 atom stereocenters. The number of thioether (sulfide) groups is 1. The van der Waals surface area contributed by atoms with Crippen molar-refractivity contribution in [3.05, 3.63) is 23.8 Å². The molecule has 5 heteroatoms. The summed E-state index contributed by atoms with van der Waals surface area (Å²) in [4.78, 5) is 2.18. The summed E-state index contributed by atoms with van der Waals surface area (Å²) in [6.45, 7) is 1.73. The fourth-order valence-electron chi connectivity index (χ4n) is 1.99. The predicted octanol–water partition coefficient (Wildman–Crippen LogP) is 2.36. The maximum absolute atomic E-state index is 5.71. The highest BCUT2D eigenvalue weighted by atomic mass is 32.2. The van der Waals surface area contributed by atoms with Gasteiger partial charge in [-0.2, -0.15) is 0 Å². The van der Waals surface area contributed by atoms with Crippen LogP contribution in [0.5, 0.6) is 11.5 Å². The Morgan fingerprint density at radius 3 is 2.89 bits per heavy atom. The van der Waals surface area contributed by atoms with E-state index in [0.29, 0.717) is 5.94 Å². The van der Waals surface area contributed by atoms with Gasteiger partial charge in [-0.15, -0.1) is 11.8 Å². The topological polar surface area (TPSA) is 30.9 Å². The molecule has 1 aliphatic rings. The minimum absolute atomic E-state index is 0.0209. The van der Waals surface area contributed by atoms with Crippen LogP contribution in [0.15, 0.2) is 18.2 Å². The van der Waals surface area contributed by atoms with Crippen LogP contribution in [0.25, 0.3) is 0 Å². The highest BCUT2D eigenvalue weighted by Gasteiger charge is 2.24. The molecule has 1 heterocycles. The Morgan fingerprint density at radius 2 is 2.28 bits per heavy atom. The van der Waals surface area contributed by atoms with Gasteiger partial charge in [-0.3, -0.25) is 4.90 Å². The first kappa shape index (κ1) is 13.5. The number of hydrogen-bond donors (Lipinski definition) is 0. The van der Waals surface area contributed by atoms with Crippen LogP contribution in [0, 0.1) is 0 Å².